The molecular formula is C25H21ClN2O5. The molecule has 0 atom stereocenters. The van der Waals surface area contributed by atoms with Crippen molar-refractivity contribution in [2.24, 2.45) is 0 Å². The van der Waals surface area contributed by atoms with Crippen LogP contribution in [0.25, 0.3) is 5.57 Å². The molecule has 7 nitrogen and oxygen atoms in total. The summed E-state index contributed by atoms with van der Waals surface area (Å²) in [5, 5.41) is 3.48. The summed E-state index contributed by atoms with van der Waals surface area (Å²) < 4.78 is 16.0. The smallest absolute Gasteiger partial charge is 0.282 e. The van der Waals surface area contributed by atoms with Gasteiger partial charge in [-0.1, -0.05) is 41.9 Å². The summed E-state index contributed by atoms with van der Waals surface area (Å²) in [5.41, 5.74) is 1.77. The summed E-state index contributed by atoms with van der Waals surface area (Å²) in [6, 6.07) is 18.9. The van der Waals surface area contributed by atoms with Gasteiger partial charge in [-0.25, -0.2) is 4.90 Å². The number of benzene rings is 3. The standard InChI is InChI=1S/C25H21ClN2O5/c1-31-19-11-9-16(26)13-18(19)28-24(29)22(15-7-5-4-6-8-15)23(25(28)30)27-17-10-12-20(32-2)21(14-17)33-3/h4-14,27H,1-3H3. The van der Waals surface area contributed by atoms with E-state index in [1.54, 1.807) is 54.6 Å². The molecule has 4 rings (SSSR count). The van der Waals surface area contributed by atoms with Crippen molar-refractivity contribution in [3.63, 3.8) is 0 Å². The number of rotatable bonds is 7. The lowest BCUT2D eigenvalue weighted by molar-refractivity contribution is -0.120. The van der Waals surface area contributed by atoms with Crippen LogP contribution in [-0.4, -0.2) is 33.1 Å². The Morgan fingerprint density at radius 1 is 0.758 bits per heavy atom. The quantitative estimate of drug-likeness (QED) is 0.508. The Morgan fingerprint density at radius 2 is 1.42 bits per heavy atom. The van der Waals surface area contributed by atoms with E-state index in [4.69, 9.17) is 25.8 Å². The minimum absolute atomic E-state index is 0.125. The summed E-state index contributed by atoms with van der Waals surface area (Å²) in [6.45, 7) is 0. The lowest BCUT2D eigenvalue weighted by Crippen LogP contribution is -2.32. The summed E-state index contributed by atoms with van der Waals surface area (Å²) in [4.78, 5) is 28.2. The van der Waals surface area contributed by atoms with Crippen LogP contribution in [0.1, 0.15) is 5.56 Å². The number of imide groups is 1. The second kappa shape index (κ2) is 9.26. The molecule has 0 aliphatic carbocycles. The van der Waals surface area contributed by atoms with E-state index in [1.807, 2.05) is 6.07 Å². The Bertz CT molecular complexity index is 1260. The van der Waals surface area contributed by atoms with Gasteiger partial charge in [-0.2, -0.15) is 0 Å². The number of nitrogens with zero attached hydrogens (tertiary/aromatic N) is 1. The summed E-state index contributed by atoms with van der Waals surface area (Å²) in [7, 11) is 4.52. The van der Waals surface area contributed by atoms with Crippen LogP contribution in [0, 0.1) is 0 Å². The van der Waals surface area contributed by atoms with Crippen LogP contribution in [0.15, 0.2) is 72.4 Å². The first-order valence-electron chi connectivity index (χ1n) is 9.99. The topological polar surface area (TPSA) is 77.1 Å². The molecular weight excluding hydrogens is 444 g/mol. The first kappa shape index (κ1) is 22.2. The van der Waals surface area contributed by atoms with Crippen molar-refractivity contribution in [2.75, 3.05) is 31.5 Å². The third-order valence-corrected chi connectivity index (χ3v) is 5.42. The highest BCUT2D eigenvalue weighted by atomic mass is 35.5. The van der Waals surface area contributed by atoms with E-state index in [1.165, 1.54) is 27.4 Å². The van der Waals surface area contributed by atoms with E-state index in [0.717, 1.165) is 4.90 Å². The van der Waals surface area contributed by atoms with Crippen molar-refractivity contribution < 1.29 is 23.8 Å². The highest BCUT2D eigenvalue weighted by Crippen LogP contribution is 2.39. The Balaban J connectivity index is 1.83. The maximum atomic E-state index is 13.6. The fourth-order valence-electron chi connectivity index (χ4n) is 3.63. The van der Waals surface area contributed by atoms with Gasteiger partial charge < -0.3 is 19.5 Å². The molecule has 0 spiro atoms. The number of carbonyl (C=O) groups excluding carboxylic acids is 2. The average Bonchev–Trinajstić information content (AvgIpc) is 3.08. The van der Waals surface area contributed by atoms with Crippen molar-refractivity contribution in [3.8, 4) is 17.2 Å². The third-order valence-electron chi connectivity index (χ3n) is 5.18. The Hall–Kier alpha value is -3.97. The normalized spacial score (nSPS) is 13.4. The molecule has 0 saturated heterocycles. The van der Waals surface area contributed by atoms with Gasteiger partial charge in [-0.3, -0.25) is 9.59 Å². The molecule has 0 saturated carbocycles. The molecule has 0 fully saturated rings. The molecule has 3 aromatic carbocycles. The molecule has 33 heavy (non-hydrogen) atoms. The van der Waals surface area contributed by atoms with Gasteiger partial charge in [0.2, 0.25) is 0 Å². The van der Waals surface area contributed by atoms with Crippen LogP contribution in [0.5, 0.6) is 17.2 Å². The van der Waals surface area contributed by atoms with E-state index in [2.05, 4.69) is 5.32 Å². The van der Waals surface area contributed by atoms with Crippen LogP contribution in [0.4, 0.5) is 11.4 Å². The largest absolute Gasteiger partial charge is 0.495 e. The van der Waals surface area contributed by atoms with Crippen molar-refractivity contribution in [2.45, 2.75) is 0 Å². The average molecular weight is 465 g/mol. The zero-order valence-corrected chi connectivity index (χ0v) is 19.0. The SMILES string of the molecule is COc1ccc(NC2=C(c3ccccc3)C(=O)N(c3cc(Cl)ccc3OC)C2=O)cc1OC. The van der Waals surface area contributed by atoms with Crippen LogP contribution in [0.2, 0.25) is 5.02 Å². The monoisotopic (exact) mass is 464 g/mol. The van der Waals surface area contributed by atoms with Crippen LogP contribution in [0.3, 0.4) is 0 Å². The first-order valence-corrected chi connectivity index (χ1v) is 10.4. The first-order chi connectivity index (χ1) is 16.0. The highest BCUT2D eigenvalue weighted by Gasteiger charge is 2.41. The Labute approximate surface area is 196 Å². The molecule has 8 heteroatoms. The third kappa shape index (κ3) is 4.10. The number of nitrogens with one attached hydrogen (secondary N) is 1. The van der Waals surface area contributed by atoms with E-state index >= 15 is 0 Å². The van der Waals surface area contributed by atoms with Gasteiger partial charge >= 0.3 is 0 Å². The molecule has 0 bridgehead atoms. The van der Waals surface area contributed by atoms with Crippen LogP contribution < -0.4 is 24.4 Å². The molecule has 1 aliphatic rings. The van der Waals surface area contributed by atoms with Gasteiger partial charge in [0.1, 0.15) is 11.4 Å². The van der Waals surface area contributed by atoms with Crippen molar-refractivity contribution in [1.29, 1.82) is 0 Å². The van der Waals surface area contributed by atoms with Gasteiger partial charge in [0.05, 0.1) is 32.6 Å². The maximum absolute atomic E-state index is 13.6. The molecule has 0 unspecified atom stereocenters. The zero-order chi connectivity index (χ0) is 23.5. The molecule has 0 radical (unpaired) electrons. The number of amides is 2. The van der Waals surface area contributed by atoms with E-state index < -0.39 is 11.8 Å². The van der Waals surface area contributed by atoms with Gasteiger partial charge in [0.25, 0.3) is 11.8 Å². The molecule has 1 heterocycles. The highest BCUT2D eigenvalue weighted by molar-refractivity contribution is 6.46. The van der Waals surface area contributed by atoms with Gasteiger partial charge in [0, 0.05) is 16.8 Å². The number of anilines is 2. The molecule has 1 aliphatic heterocycles. The number of ether oxygens (including phenoxy) is 3. The summed E-state index contributed by atoms with van der Waals surface area (Å²) >= 11 is 6.17. The Morgan fingerprint density at radius 3 is 2.09 bits per heavy atom. The molecule has 168 valence electrons. The van der Waals surface area contributed by atoms with E-state index in [-0.39, 0.29) is 17.0 Å². The lowest BCUT2D eigenvalue weighted by Gasteiger charge is -2.19. The Kier molecular flexibility index (Phi) is 6.24. The number of carbonyl (C=O) groups is 2. The summed E-state index contributed by atoms with van der Waals surface area (Å²) in [5.74, 6) is 0.346. The molecule has 0 aromatic heterocycles. The molecule has 1 N–H and O–H groups in total. The molecule has 2 amide bonds. The lowest BCUT2D eigenvalue weighted by atomic mass is 10.0. The van der Waals surface area contributed by atoms with Crippen LogP contribution in [-0.2, 0) is 9.59 Å². The minimum atomic E-state index is -0.533. The van der Waals surface area contributed by atoms with Gasteiger partial charge in [-0.05, 0) is 35.9 Å². The number of methoxy groups -OCH3 is 3. The van der Waals surface area contributed by atoms with E-state index in [0.29, 0.717) is 33.5 Å². The van der Waals surface area contributed by atoms with Crippen LogP contribution >= 0.6 is 11.6 Å². The van der Waals surface area contributed by atoms with Crippen molar-refractivity contribution >= 4 is 40.4 Å². The predicted octanol–water partition coefficient (Wildman–Crippen LogP) is 4.76. The fourth-order valence-corrected chi connectivity index (χ4v) is 3.80. The number of halogens is 1. The van der Waals surface area contributed by atoms with Gasteiger partial charge in [0.15, 0.2) is 11.5 Å². The predicted molar refractivity (Wildman–Crippen MR) is 127 cm³/mol. The maximum Gasteiger partial charge on any atom is 0.282 e. The number of hydrogen-bond acceptors (Lipinski definition) is 6. The van der Waals surface area contributed by atoms with Crippen molar-refractivity contribution in [3.05, 3.63) is 83.0 Å². The zero-order valence-electron chi connectivity index (χ0n) is 18.2. The number of hydrogen-bond donors (Lipinski definition) is 1. The van der Waals surface area contributed by atoms with Crippen molar-refractivity contribution in [1.82, 2.24) is 0 Å². The van der Waals surface area contributed by atoms with Gasteiger partial charge in [-0.15, -0.1) is 0 Å². The fraction of sp³-hybridized carbons (Fsp3) is 0.120. The second-order valence-corrected chi connectivity index (χ2v) is 7.51. The summed E-state index contributed by atoms with van der Waals surface area (Å²) in [6.07, 6.45) is 0. The minimum Gasteiger partial charge on any atom is -0.495 e. The van der Waals surface area contributed by atoms with E-state index in [9.17, 15) is 9.59 Å². The second-order valence-electron chi connectivity index (χ2n) is 7.07. The molecule has 3 aromatic rings.